The third kappa shape index (κ3) is 7.24. The first-order chi connectivity index (χ1) is 17.6. The van der Waals surface area contributed by atoms with Crippen molar-refractivity contribution < 1.29 is 24.3 Å². The smallest absolute Gasteiger partial charge is 0.326 e. The highest BCUT2D eigenvalue weighted by molar-refractivity contribution is 6.45. The van der Waals surface area contributed by atoms with E-state index in [9.17, 15) is 19.2 Å². The molecule has 0 saturated carbocycles. The molecule has 1 heterocycles. The molecule has 1 fully saturated rings. The molecule has 37 heavy (non-hydrogen) atoms. The van der Waals surface area contributed by atoms with Crippen LogP contribution in [0.15, 0.2) is 48.5 Å². The first-order valence-electron chi connectivity index (χ1n) is 11.7. The van der Waals surface area contributed by atoms with Gasteiger partial charge in [-0.3, -0.25) is 9.59 Å². The minimum Gasteiger partial charge on any atom is -0.480 e. The van der Waals surface area contributed by atoms with E-state index in [4.69, 9.17) is 28.3 Å². The second kappa shape index (κ2) is 12.6. The van der Waals surface area contributed by atoms with Crippen LogP contribution in [-0.2, 0) is 14.4 Å². The van der Waals surface area contributed by atoms with Gasteiger partial charge in [0.2, 0.25) is 11.8 Å². The molecule has 1 aliphatic heterocycles. The number of halogens is 2. The molecule has 0 bridgehead atoms. The van der Waals surface area contributed by atoms with Crippen LogP contribution in [-0.4, -0.2) is 64.9 Å². The molecule has 1 saturated heterocycles. The second-order valence-corrected chi connectivity index (χ2v) is 9.43. The number of aliphatic carboxylic acids is 1. The van der Waals surface area contributed by atoms with Crippen LogP contribution in [0.3, 0.4) is 0 Å². The summed E-state index contributed by atoms with van der Waals surface area (Å²) in [6, 6.07) is 10.8. The number of nitrogens with zero attached hydrogens (tertiary/aromatic N) is 2. The Balaban J connectivity index is 1.56. The van der Waals surface area contributed by atoms with Gasteiger partial charge in [-0.25, -0.2) is 9.59 Å². The first kappa shape index (κ1) is 28.0. The van der Waals surface area contributed by atoms with Crippen LogP contribution >= 0.6 is 23.2 Å². The van der Waals surface area contributed by atoms with Gasteiger partial charge in [-0.1, -0.05) is 47.5 Å². The second-order valence-electron chi connectivity index (χ2n) is 8.67. The van der Waals surface area contributed by atoms with E-state index in [1.165, 1.54) is 24.9 Å². The zero-order valence-corrected chi connectivity index (χ0v) is 21.9. The van der Waals surface area contributed by atoms with Crippen LogP contribution < -0.4 is 10.6 Å². The molecule has 4 amide bonds. The summed E-state index contributed by atoms with van der Waals surface area (Å²) in [6.07, 6.45) is 3.83. The van der Waals surface area contributed by atoms with Gasteiger partial charge in [0.05, 0.1) is 15.7 Å². The Labute approximate surface area is 225 Å². The summed E-state index contributed by atoms with van der Waals surface area (Å²) in [4.78, 5) is 51.5. The lowest BCUT2D eigenvalue weighted by atomic mass is 9.95. The van der Waals surface area contributed by atoms with Crippen LogP contribution in [0.5, 0.6) is 0 Å². The summed E-state index contributed by atoms with van der Waals surface area (Å²) in [5.74, 6) is -1.86. The average Bonchev–Trinajstić information content (AvgIpc) is 2.90. The molecule has 196 valence electrons. The number of urea groups is 1. The number of likely N-dealkylation sites (tertiary alicyclic amines) is 1. The number of carbonyl (C=O) groups excluding carboxylic acids is 3. The van der Waals surface area contributed by atoms with E-state index >= 15 is 0 Å². The molecule has 2 aromatic rings. The predicted molar refractivity (Wildman–Crippen MR) is 144 cm³/mol. The van der Waals surface area contributed by atoms with Crippen LogP contribution in [0.2, 0.25) is 10.0 Å². The number of amides is 4. The van der Waals surface area contributed by atoms with E-state index in [1.807, 2.05) is 6.07 Å². The zero-order valence-electron chi connectivity index (χ0n) is 20.4. The Morgan fingerprint density at radius 3 is 2.30 bits per heavy atom. The number of carboxylic acids is 1. The Bertz CT molecular complexity index is 1200. The van der Waals surface area contributed by atoms with Gasteiger partial charge in [-0.05, 0) is 49.6 Å². The molecule has 1 aliphatic rings. The third-order valence-corrected chi connectivity index (χ3v) is 7.14. The number of carboxylic acid groups (broad SMARTS) is 1. The highest BCUT2D eigenvalue weighted by Gasteiger charge is 2.31. The molecule has 9 nitrogen and oxygen atoms in total. The van der Waals surface area contributed by atoms with E-state index in [2.05, 4.69) is 10.6 Å². The Morgan fingerprint density at radius 2 is 1.68 bits per heavy atom. The maximum Gasteiger partial charge on any atom is 0.326 e. The highest BCUT2D eigenvalue weighted by Crippen LogP contribution is 2.34. The van der Waals surface area contributed by atoms with Gasteiger partial charge >= 0.3 is 12.0 Å². The van der Waals surface area contributed by atoms with E-state index in [1.54, 1.807) is 47.4 Å². The van der Waals surface area contributed by atoms with Crippen molar-refractivity contribution in [2.75, 3.05) is 30.8 Å². The van der Waals surface area contributed by atoms with Crippen molar-refractivity contribution in [2.45, 2.75) is 25.8 Å². The topological polar surface area (TPSA) is 119 Å². The molecule has 1 atom stereocenters. The third-order valence-electron chi connectivity index (χ3n) is 6.24. The first-order valence-corrected chi connectivity index (χ1v) is 12.4. The summed E-state index contributed by atoms with van der Waals surface area (Å²) in [5, 5.41) is 14.8. The number of hydrogen-bond acceptors (Lipinski definition) is 4. The molecule has 11 heteroatoms. The fourth-order valence-electron chi connectivity index (χ4n) is 3.85. The molecule has 3 rings (SSSR count). The number of nitrogens with one attached hydrogen (secondary N) is 2. The summed E-state index contributed by atoms with van der Waals surface area (Å²) in [5.41, 5.74) is 1.44. The number of para-hydroxylation sites is 1. The lowest BCUT2D eigenvalue weighted by molar-refractivity contribution is -0.150. The summed E-state index contributed by atoms with van der Waals surface area (Å²) in [6.45, 7) is 2.22. The van der Waals surface area contributed by atoms with Crippen molar-refractivity contribution in [3.63, 3.8) is 0 Å². The lowest BCUT2D eigenvalue weighted by Gasteiger charge is -2.33. The minimum absolute atomic E-state index is 0.138. The average molecular weight is 547 g/mol. The van der Waals surface area contributed by atoms with Crippen molar-refractivity contribution in [2.24, 2.45) is 5.92 Å². The standard InChI is InChI=1S/C26H28Cl2N4O5/c1-16(25(35)36)31(2)24(34)18-12-14-32(15-13-18)21(33)11-9-17-8-10-20(23(28)22(17)27)30-26(37)29-19-6-4-3-5-7-19/h3-11,16,18H,12-15H2,1-2H3,(H,35,36)(H2,29,30,37)/b11-9+. The zero-order chi connectivity index (χ0) is 27.1. The van der Waals surface area contributed by atoms with Crippen molar-refractivity contribution in [3.05, 3.63) is 64.1 Å². The molecule has 0 radical (unpaired) electrons. The van der Waals surface area contributed by atoms with Crippen molar-refractivity contribution in [1.82, 2.24) is 9.80 Å². The van der Waals surface area contributed by atoms with Crippen molar-refractivity contribution in [1.29, 1.82) is 0 Å². The number of benzene rings is 2. The molecule has 1 unspecified atom stereocenters. The maximum atomic E-state index is 12.7. The number of hydrogen-bond donors (Lipinski definition) is 3. The Morgan fingerprint density at radius 1 is 1.03 bits per heavy atom. The molecular weight excluding hydrogens is 519 g/mol. The van der Waals surface area contributed by atoms with Gasteiger partial charge in [0.15, 0.2) is 0 Å². The van der Waals surface area contributed by atoms with Crippen molar-refractivity contribution in [3.8, 4) is 0 Å². The van der Waals surface area contributed by atoms with Crippen LogP contribution in [0.4, 0.5) is 16.2 Å². The Hall–Kier alpha value is -3.56. The normalized spacial score (nSPS) is 14.8. The van der Waals surface area contributed by atoms with Crippen LogP contribution in [0.1, 0.15) is 25.3 Å². The van der Waals surface area contributed by atoms with E-state index < -0.39 is 18.0 Å². The van der Waals surface area contributed by atoms with E-state index in [0.717, 1.165) is 0 Å². The highest BCUT2D eigenvalue weighted by atomic mass is 35.5. The van der Waals surface area contributed by atoms with Gasteiger partial charge < -0.3 is 25.5 Å². The minimum atomic E-state index is -1.06. The fourth-order valence-corrected chi connectivity index (χ4v) is 4.30. The fraction of sp³-hybridized carbons (Fsp3) is 0.308. The number of anilines is 2. The van der Waals surface area contributed by atoms with E-state index in [0.29, 0.717) is 42.9 Å². The van der Waals surface area contributed by atoms with E-state index in [-0.39, 0.29) is 27.8 Å². The number of piperidine rings is 1. The van der Waals surface area contributed by atoms with Gasteiger partial charge in [0, 0.05) is 37.8 Å². The molecule has 0 aliphatic carbocycles. The van der Waals surface area contributed by atoms with Gasteiger partial charge in [-0.2, -0.15) is 0 Å². The van der Waals surface area contributed by atoms with Crippen LogP contribution in [0, 0.1) is 5.92 Å². The predicted octanol–water partition coefficient (Wildman–Crippen LogP) is 4.82. The number of carbonyl (C=O) groups is 4. The lowest BCUT2D eigenvalue weighted by Crippen LogP contribution is -2.47. The largest absolute Gasteiger partial charge is 0.480 e. The van der Waals surface area contributed by atoms with Gasteiger partial charge in [-0.15, -0.1) is 0 Å². The summed E-state index contributed by atoms with van der Waals surface area (Å²) in [7, 11) is 1.48. The van der Waals surface area contributed by atoms with Gasteiger partial charge in [0.25, 0.3) is 0 Å². The number of rotatable bonds is 7. The monoisotopic (exact) mass is 546 g/mol. The molecule has 0 aromatic heterocycles. The quantitative estimate of drug-likeness (QED) is 0.430. The SMILES string of the molecule is CC(C(=O)O)N(C)C(=O)C1CCN(C(=O)/C=C/c2ccc(NC(=O)Nc3ccccc3)c(Cl)c2Cl)CC1. The Kier molecular flexibility index (Phi) is 9.54. The summed E-state index contributed by atoms with van der Waals surface area (Å²) < 4.78 is 0. The summed E-state index contributed by atoms with van der Waals surface area (Å²) >= 11 is 12.7. The number of likely N-dealkylation sites (N-methyl/N-ethyl adjacent to an activating group) is 1. The van der Waals surface area contributed by atoms with Crippen molar-refractivity contribution >= 4 is 64.5 Å². The van der Waals surface area contributed by atoms with Gasteiger partial charge in [0.1, 0.15) is 6.04 Å². The molecular formula is C26H28Cl2N4O5. The van der Waals surface area contributed by atoms with Crippen LogP contribution in [0.25, 0.3) is 6.08 Å². The molecule has 3 N–H and O–H groups in total. The molecule has 0 spiro atoms. The molecule has 2 aromatic carbocycles. The maximum absolute atomic E-state index is 12.7.